The van der Waals surface area contributed by atoms with Crippen LogP contribution in [-0.2, 0) is 13.0 Å². The lowest BCUT2D eigenvalue weighted by atomic mass is 10.2. The molecule has 0 fully saturated rings. The minimum absolute atomic E-state index is 0.161. The summed E-state index contributed by atoms with van der Waals surface area (Å²) in [5, 5.41) is 0. The van der Waals surface area contributed by atoms with Gasteiger partial charge in [-0.2, -0.15) is 0 Å². The van der Waals surface area contributed by atoms with E-state index in [1.54, 1.807) is 11.3 Å². The number of aromatic nitrogens is 2. The van der Waals surface area contributed by atoms with Crippen LogP contribution in [0.2, 0.25) is 0 Å². The molecule has 0 bridgehead atoms. The monoisotopic (exact) mass is 298 g/mol. The summed E-state index contributed by atoms with van der Waals surface area (Å²) < 4.78 is 2.07. The Morgan fingerprint density at radius 1 is 1.24 bits per heavy atom. The van der Waals surface area contributed by atoms with E-state index in [1.807, 2.05) is 43.3 Å². The van der Waals surface area contributed by atoms with Gasteiger partial charge in [0, 0.05) is 11.3 Å². The van der Waals surface area contributed by atoms with Gasteiger partial charge in [0.05, 0.1) is 22.5 Å². The van der Waals surface area contributed by atoms with Crippen LogP contribution in [0.4, 0.5) is 0 Å². The van der Waals surface area contributed by atoms with Crippen LogP contribution in [0.3, 0.4) is 0 Å². The van der Waals surface area contributed by atoms with Gasteiger partial charge < -0.3 is 4.57 Å². The molecule has 3 aromatic rings. The largest absolute Gasteiger partial charge is 0.320 e. The molecule has 0 atom stereocenters. The van der Waals surface area contributed by atoms with Crippen LogP contribution in [-0.4, -0.2) is 15.3 Å². The summed E-state index contributed by atoms with van der Waals surface area (Å²) >= 11 is 1.56. The molecular weight excluding hydrogens is 280 g/mol. The first-order chi connectivity index (χ1) is 10.2. The van der Waals surface area contributed by atoms with E-state index in [9.17, 15) is 4.79 Å². The fraction of sp³-hybridized carbons (Fsp3) is 0.294. The summed E-state index contributed by atoms with van der Waals surface area (Å²) in [6.07, 6.45) is 1.92. The highest BCUT2D eigenvalue weighted by atomic mass is 32.1. The summed E-state index contributed by atoms with van der Waals surface area (Å²) in [6.45, 7) is 4.53. The number of Topliss-reactive ketones (excluding diaryl/α,β-unsaturated/α-hetero) is 1. The molecule has 3 rings (SSSR count). The van der Waals surface area contributed by atoms with E-state index < -0.39 is 0 Å². The third-order valence-electron chi connectivity index (χ3n) is 3.52. The zero-order valence-electron chi connectivity index (χ0n) is 12.3. The first-order valence-corrected chi connectivity index (χ1v) is 8.04. The molecule has 0 aliphatic heterocycles. The molecule has 3 nitrogen and oxygen atoms in total. The number of benzene rings is 1. The normalized spacial score (nSPS) is 11.1. The van der Waals surface area contributed by atoms with Gasteiger partial charge in [-0.3, -0.25) is 4.79 Å². The molecule has 0 saturated heterocycles. The molecule has 0 spiro atoms. The van der Waals surface area contributed by atoms with Crippen molar-refractivity contribution >= 4 is 28.2 Å². The zero-order valence-corrected chi connectivity index (χ0v) is 13.1. The number of para-hydroxylation sites is 2. The highest BCUT2D eigenvalue weighted by Gasteiger charge is 2.15. The molecule has 1 aromatic carbocycles. The third kappa shape index (κ3) is 2.76. The highest BCUT2D eigenvalue weighted by molar-refractivity contribution is 7.14. The smallest absolute Gasteiger partial charge is 0.192 e. The average Bonchev–Trinajstić information content (AvgIpc) is 3.05. The number of imidazole rings is 1. The van der Waals surface area contributed by atoms with Crippen molar-refractivity contribution in [2.45, 2.75) is 33.2 Å². The molecule has 2 aromatic heterocycles. The Kier molecular flexibility index (Phi) is 3.88. The van der Waals surface area contributed by atoms with Crippen molar-refractivity contribution in [3.05, 3.63) is 52.0 Å². The van der Waals surface area contributed by atoms with Crippen molar-refractivity contribution in [3.8, 4) is 0 Å². The number of carbonyl (C=O) groups is 1. The summed E-state index contributed by atoms with van der Waals surface area (Å²) in [6, 6.07) is 11.9. The average molecular weight is 298 g/mol. The van der Waals surface area contributed by atoms with Gasteiger partial charge in [0.25, 0.3) is 0 Å². The van der Waals surface area contributed by atoms with E-state index in [4.69, 9.17) is 0 Å². The summed E-state index contributed by atoms with van der Waals surface area (Å²) in [4.78, 5) is 19.2. The maximum Gasteiger partial charge on any atom is 0.192 e. The minimum Gasteiger partial charge on any atom is -0.320 e. The van der Waals surface area contributed by atoms with Crippen LogP contribution in [0, 0.1) is 6.92 Å². The highest BCUT2D eigenvalue weighted by Crippen LogP contribution is 2.20. The molecular formula is C17H18N2OS. The van der Waals surface area contributed by atoms with Gasteiger partial charge in [0.15, 0.2) is 5.78 Å². The lowest BCUT2D eigenvalue weighted by molar-refractivity contribution is 0.0976. The number of hydrogen-bond acceptors (Lipinski definition) is 3. The van der Waals surface area contributed by atoms with Gasteiger partial charge in [-0.1, -0.05) is 19.1 Å². The second-order valence-corrected chi connectivity index (χ2v) is 6.47. The van der Waals surface area contributed by atoms with E-state index >= 15 is 0 Å². The number of ketones is 1. The standard InChI is InChI=1S/C17H18N2OS/c1-3-6-17-18-13-7-4-5-8-14(13)19(17)11-15(20)16-10-9-12(2)21-16/h4-5,7-10H,3,6,11H2,1-2H3. The Hall–Kier alpha value is -1.94. The van der Waals surface area contributed by atoms with Crippen molar-refractivity contribution in [2.75, 3.05) is 0 Å². The Morgan fingerprint density at radius 3 is 2.76 bits per heavy atom. The second-order valence-electron chi connectivity index (χ2n) is 5.19. The summed E-state index contributed by atoms with van der Waals surface area (Å²) in [5.74, 6) is 1.16. The Labute approximate surface area is 128 Å². The van der Waals surface area contributed by atoms with E-state index in [1.165, 1.54) is 4.88 Å². The van der Waals surface area contributed by atoms with Crippen LogP contribution < -0.4 is 0 Å². The third-order valence-corrected chi connectivity index (χ3v) is 4.57. The Morgan fingerprint density at radius 2 is 2.05 bits per heavy atom. The van der Waals surface area contributed by atoms with E-state index in [-0.39, 0.29) is 5.78 Å². The van der Waals surface area contributed by atoms with E-state index in [0.717, 1.165) is 34.6 Å². The number of hydrogen-bond donors (Lipinski definition) is 0. The number of thiophene rings is 1. The fourth-order valence-electron chi connectivity index (χ4n) is 2.52. The first-order valence-electron chi connectivity index (χ1n) is 7.23. The maximum atomic E-state index is 12.5. The van der Waals surface area contributed by atoms with E-state index in [0.29, 0.717) is 6.54 Å². The van der Waals surface area contributed by atoms with Gasteiger partial charge >= 0.3 is 0 Å². The molecule has 0 radical (unpaired) electrons. The Balaban J connectivity index is 1.98. The lowest BCUT2D eigenvalue weighted by Crippen LogP contribution is -2.12. The van der Waals surface area contributed by atoms with E-state index in [2.05, 4.69) is 16.5 Å². The minimum atomic E-state index is 0.161. The van der Waals surface area contributed by atoms with Crippen molar-refractivity contribution in [3.63, 3.8) is 0 Å². The molecule has 0 amide bonds. The predicted octanol–water partition coefficient (Wildman–Crippen LogP) is 4.24. The number of aryl methyl sites for hydroxylation is 2. The van der Waals surface area contributed by atoms with Gasteiger partial charge in [0.2, 0.25) is 0 Å². The van der Waals surface area contributed by atoms with Gasteiger partial charge in [-0.15, -0.1) is 11.3 Å². The van der Waals surface area contributed by atoms with Crippen LogP contribution in [0.15, 0.2) is 36.4 Å². The van der Waals surface area contributed by atoms with Crippen LogP contribution >= 0.6 is 11.3 Å². The maximum absolute atomic E-state index is 12.5. The van der Waals surface area contributed by atoms with Gasteiger partial charge in [-0.05, 0) is 37.6 Å². The topological polar surface area (TPSA) is 34.9 Å². The zero-order chi connectivity index (χ0) is 14.8. The van der Waals surface area contributed by atoms with Crippen LogP contribution in [0.25, 0.3) is 11.0 Å². The Bertz CT molecular complexity index is 785. The van der Waals surface area contributed by atoms with Crippen LogP contribution in [0.5, 0.6) is 0 Å². The molecule has 0 N–H and O–H groups in total. The second kappa shape index (κ2) is 5.82. The van der Waals surface area contributed by atoms with Gasteiger partial charge in [0.1, 0.15) is 5.82 Å². The predicted molar refractivity (Wildman–Crippen MR) is 87.1 cm³/mol. The molecule has 21 heavy (non-hydrogen) atoms. The number of nitrogens with zero attached hydrogens (tertiary/aromatic N) is 2. The van der Waals surface area contributed by atoms with Crippen molar-refractivity contribution in [1.82, 2.24) is 9.55 Å². The first kappa shape index (κ1) is 14.0. The fourth-order valence-corrected chi connectivity index (χ4v) is 3.32. The SMILES string of the molecule is CCCc1nc2ccccc2n1CC(=O)c1ccc(C)s1. The molecule has 4 heteroatoms. The lowest BCUT2D eigenvalue weighted by Gasteiger charge is -2.07. The number of rotatable bonds is 5. The van der Waals surface area contributed by atoms with Crippen molar-refractivity contribution < 1.29 is 4.79 Å². The summed E-state index contributed by atoms with van der Waals surface area (Å²) in [7, 11) is 0. The van der Waals surface area contributed by atoms with Crippen LogP contribution in [0.1, 0.15) is 33.7 Å². The number of fused-ring (bicyclic) bond motifs is 1. The van der Waals surface area contributed by atoms with Crippen molar-refractivity contribution in [1.29, 1.82) is 0 Å². The molecule has 0 aliphatic rings. The summed E-state index contributed by atoms with van der Waals surface area (Å²) in [5.41, 5.74) is 2.01. The molecule has 0 aliphatic carbocycles. The van der Waals surface area contributed by atoms with Crippen molar-refractivity contribution in [2.24, 2.45) is 0 Å². The molecule has 0 saturated carbocycles. The molecule has 108 valence electrons. The quantitative estimate of drug-likeness (QED) is 0.660. The number of carbonyl (C=O) groups excluding carboxylic acids is 1. The van der Waals surface area contributed by atoms with Gasteiger partial charge in [-0.25, -0.2) is 4.98 Å². The molecule has 2 heterocycles. The molecule has 0 unspecified atom stereocenters.